The highest BCUT2D eigenvalue weighted by atomic mass is 16.5. The van der Waals surface area contributed by atoms with Crippen molar-refractivity contribution in [2.75, 3.05) is 20.2 Å². The van der Waals surface area contributed by atoms with Gasteiger partial charge in [-0.3, -0.25) is 0 Å². The van der Waals surface area contributed by atoms with Gasteiger partial charge in [0.05, 0.1) is 0 Å². The summed E-state index contributed by atoms with van der Waals surface area (Å²) < 4.78 is 5.46. The van der Waals surface area contributed by atoms with Crippen molar-refractivity contribution < 1.29 is 4.74 Å². The van der Waals surface area contributed by atoms with Crippen LogP contribution in [0.4, 0.5) is 0 Å². The van der Waals surface area contributed by atoms with Gasteiger partial charge in [0.25, 0.3) is 0 Å². The van der Waals surface area contributed by atoms with Gasteiger partial charge in [0.2, 0.25) is 0 Å². The molecule has 4 nitrogen and oxygen atoms in total. The Labute approximate surface area is 123 Å². The van der Waals surface area contributed by atoms with E-state index in [4.69, 9.17) is 4.74 Å². The molecule has 1 aromatic heterocycles. The molecule has 1 rings (SSSR count). The van der Waals surface area contributed by atoms with Crippen molar-refractivity contribution in [1.29, 1.82) is 0 Å². The molecular formula is C16H29N3O. The third-order valence-corrected chi connectivity index (χ3v) is 3.68. The van der Waals surface area contributed by atoms with Gasteiger partial charge >= 0.3 is 0 Å². The smallest absolute Gasteiger partial charge is 0.160 e. The predicted molar refractivity (Wildman–Crippen MR) is 83.0 cm³/mol. The molecule has 0 saturated heterocycles. The highest BCUT2D eigenvalue weighted by molar-refractivity contribution is 5.25. The Bertz CT molecular complexity index is 407. The normalized spacial score (nSPS) is 11.9. The number of nitrogens with zero attached hydrogens (tertiary/aromatic N) is 2. The zero-order valence-electron chi connectivity index (χ0n) is 13.8. The summed E-state index contributed by atoms with van der Waals surface area (Å²) in [5, 5.41) is 3.43. The molecule has 4 heteroatoms. The highest BCUT2D eigenvalue weighted by Crippen LogP contribution is 2.22. The number of aromatic nitrogens is 2. The lowest BCUT2D eigenvalue weighted by atomic mass is 10.0. The summed E-state index contributed by atoms with van der Waals surface area (Å²) in [4.78, 5) is 9.27. The standard InChI is InChI=1S/C16H29N3O/c1-7-10-17-11-8-9-14-12(2)18-15(19-13(14)3)16(4,5)20-6/h17H,7-11H2,1-6H3. The zero-order valence-corrected chi connectivity index (χ0v) is 13.8. The van der Waals surface area contributed by atoms with E-state index in [1.54, 1.807) is 7.11 Å². The summed E-state index contributed by atoms with van der Waals surface area (Å²) in [6.07, 6.45) is 3.34. The summed E-state index contributed by atoms with van der Waals surface area (Å²) in [6.45, 7) is 12.5. The number of ether oxygens (including phenoxy) is 1. The first-order chi connectivity index (χ1) is 9.42. The van der Waals surface area contributed by atoms with Crippen LogP contribution in [0, 0.1) is 13.8 Å². The van der Waals surface area contributed by atoms with Gasteiger partial charge in [-0.15, -0.1) is 0 Å². The van der Waals surface area contributed by atoms with Crippen LogP contribution in [0.5, 0.6) is 0 Å². The van der Waals surface area contributed by atoms with Gasteiger partial charge in [-0.1, -0.05) is 6.92 Å². The van der Waals surface area contributed by atoms with Gasteiger partial charge in [-0.05, 0) is 65.6 Å². The van der Waals surface area contributed by atoms with Crippen LogP contribution in [0.25, 0.3) is 0 Å². The maximum Gasteiger partial charge on any atom is 0.160 e. The van der Waals surface area contributed by atoms with Crippen LogP contribution in [-0.2, 0) is 16.8 Å². The largest absolute Gasteiger partial charge is 0.371 e. The molecule has 1 heterocycles. The van der Waals surface area contributed by atoms with Gasteiger partial charge < -0.3 is 10.1 Å². The molecule has 0 spiro atoms. The molecule has 0 aromatic carbocycles. The Morgan fingerprint density at radius 1 is 1.10 bits per heavy atom. The third kappa shape index (κ3) is 4.53. The predicted octanol–water partition coefficient (Wildman–Crippen LogP) is 2.91. The molecule has 0 aliphatic rings. The van der Waals surface area contributed by atoms with E-state index in [-0.39, 0.29) is 0 Å². The van der Waals surface area contributed by atoms with Crippen molar-refractivity contribution in [2.24, 2.45) is 0 Å². The van der Waals surface area contributed by atoms with E-state index in [0.717, 1.165) is 43.1 Å². The minimum atomic E-state index is -0.434. The summed E-state index contributed by atoms with van der Waals surface area (Å²) in [5.74, 6) is 0.767. The second-order valence-electron chi connectivity index (χ2n) is 5.76. The highest BCUT2D eigenvalue weighted by Gasteiger charge is 2.24. The Morgan fingerprint density at radius 3 is 2.20 bits per heavy atom. The molecule has 114 valence electrons. The van der Waals surface area contributed by atoms with Gasteiger partial charge in [0.15, 0.2) is 5.82 Å². The Kier molecular flexibility index (Phi) is 6.56. The summed E-state index contributed by atoms with van der Waals surface area (Å²) in [6, 6.07) is 0. The van der Waals surface area contributed by atoms with Gasteiger partial charge in [-0.2, -0.15) is 0 Å². The lowest BCUT2D eigenvalue weighted by Gasteiger charge is -2.23. The molecule has 20 heavy (non-hydrogen) atoms. The fraction of sp³-hybridized carbons (Fsp3) is 0.750. The average molecular weight is 279 g/mol. The zero-order chi connectivity index (χ0) is 15.2. The molecule has 0 fully saturated rings. The van der Waals surface area contributed by atoms with Gasteiger partial charge in [0, 0.05) is 18.5 Å². The van der Waals surface area contributed by atoms with Crippen LogP contribution < -0.4 is 5.32 Å². The van der Waals surface area contributed by atoms with E-state index in [2.05, 4.69) is 36.1 Å². The average Bonchev–Trinajstić information content (AvgIpc) is 2.40. The lowest BCUT2D eigenvalue weighted by Crippen LogP contribution is -2.24. The minimum Gasteiger partial charge on any atom is -0.371 e. The SMILES string of the molecule is CCCNCCCc1c(C)nc(C(C)(C)OC)nc1C. The molecule has 0 atom stereocenters. The minimum absolute atomic E-state index is 0.434. The van der Waals surface area contributed by atoms with E-state index in [1.807, 2.05) is 13.8 Å². The third-order valence-electron chi connectivity index (χ3n) is 3.68. The number of aryl methyl sites for hydroxylation is 2. The van der Waals surface area contributed by atoms with Crippen LogP contribution in [0.1, 0.15) is 56.4 Å². The molecule has 0 bridgehead atoms. The van der Waals surface area contributed by atoms with Crippen molar-refractivity contribution in [1.82, 2.24) is 15.3 Å². The topological polar surface area (TPSA) is 47.0 Å². The maximum atomic E-state index is 5.46. The van der Waals surface area contributed by atoms with E-state index in [1.165, 1.54) is 12.0 Å². The first-order valence-corrected chi connectivity index (χ1v) is 7.52. The number of hydrogen-bond acceptors (Lipinski definition) is 4. The molecule has 0 amide bonds. The fourth-order valence-corrected chi connectivity index (χ4v) is 2.15. The number of nitrogens with one attached hydrogen (secondary N) is 1. The summed E-state index contributed by atoms with van der Waals surface area (Å²) in [7, 11) is 1.70. The van der Waals surface area contributed by atoms with Crippen LogP contribution in [0.3, 0.4) is 0 Å². The molecule has 0 aliphatic heterocycles. The quantitative estimate of drug-likeness (QED) is 0.743. The number of methoxy groups -OCH3 is 1. The van der Waals surface area contributed by atoms with E-state index in [0.29, 0.717) is 0 Å². The summed E-state index contributed by atoms with van der Waals surface area (Å²) >= 11 is 0. The maximum absolute atomic E-state index is 5.46. The molecule has 1 aromatic rings. The fourth-order valence-electron chi connectivity index (χ4n) is 2.15. The van der Waals surface area contributed by atoms with Crippen LogP contribution in [0.15, 0.2) is 0 Å². The van der Waals surface area contributed by atoms with Crippen LogP contribution in [0.2, 0.25) is 0 Å². The van der Waals surface area contributed by atoms with Crippen molar-refractivity contribution >= 4 is 0 Å². The second kappa shape index (κ2) is 7.70. The van der Waals surface area contributed by atoms with E-state index in [9.17, 15) is 0 Å². The summed E-state index contributed by atoms with van der Waals surface area (Å²) in [5.41, 5.74) is 3.00. The van der Waals surface area contributed by atoms with Crippen molar-refractivity contribution in [3.8, 4) is 0 Å². The second-order valence-corrected chi connectivity index (χ2v) is 5.76. The Hall–Kier alpha value is -1.00. The lowest BCUT2D eigenvalue weighted by molar-refractivity contribution is 0.0111. The van der Waals surface area contributed by atoms with Crippen molar-refractivity contribution in [3.05, 3.63) is 22.8 Å². The molecule has 1 N–H and O–H groups in total. The first-order valence-electron chi connectivity index (χ1n) is 7.52. The van der Waals surface area contributed by atoms with Crippen LogP contribution in [-0.4, -0.2) is 30.2 Å². The molecule has 0 unspecified atom stereocenters. The van der Waals surface area contributed by atoms with Gasteiger partial charge in [-0.25, -0.2) is 9.97 Å². The molecular weight excluding hydrogens is 250 g/mol. The van der Waals surface area contributed by atoms with Gasteiger partial charge in [0.1, 0.15) is 5.60 Å². The van der Waals surface area contributed by atoms with Crippen LogP contribution >= 0.6 is 0 Å². The Balaban J connectivity index is 2.74. The van der Waals surface area contributed by atoms with Crippen molar-refractivity contribution in [3.63, 3.8) is 0 Å². The number of rotatable bonds is 8. The molecule has 0 saturated carbocycles. The van der Waals surface area contributed by atoms with E-state index < -0.39 is 5.60 Å². The number of hydrogen-bond donors (Lipinski definition) is 1. The Morgan fingerprint density at radius 2 is 1.70 bits per heavy atom. The first kappa shape index (κ1) is 17.1. The van der Waals surface area contributed by atoms with E-state index >= 15 is 0 Å². The van der Waals surface area contributed by atoms with Crippen molar-refractivity contribution in [2.45, 2.75) is 59.5 Å². The monoisotopic (exact) mass is 279 g/mol. The molecule has 0 radical (unpaired) electrons. The molecule has 0 aliphatic carbocycles.